The van der Waals surface area contributed by atoms with Crippen LogP contribution in [-0.2, 0) is 4.79 Å². The van der Waals surface area contributed by atoms with Gasteiger partial charge in [-0.1, -0.05) is 12.2 Å². The third-order valence-electron chi connectivity index (χ3n) is 2.55. The molecule has 0 spiro atoms. The highest BCUT2D eigenvalue weighted by atomic mass is 16.3. The first-order valence-corrected chi connectivity index (χ1v) is 4.93. The molecule has 1 amide bonds. The highest BCUT2D eigenvalue weighted by molar-refractivity contribution is 5.76. The maximum Gasteiger partial charge on any atom is 0.220 e. The van der Waals surface area contributed by atoms with Crippen molar-refractivity contribution in [3.8, 4) is 0 Å². The van der Waals surface area contributed by atoms with Gasteiger partial charge in [-0.2, -0.15) is 0 Å². The van der Waals surface area contributed by atoms with E-state index in [2.05, 4.69) is 5.32 Å². The Bertz CT molecular complexity index is 227. The smallest absolute Gasteiger partial charge is 0.220 e. The SMILES string of the molecule is CCNC(=O)C[C@@H]1C=C[C@H](O)[C@@H]1CO. The number of carbonyl (C=O) groups excluding carboxylic acids is 1. The molecule has 1 rings (SSSR count). The van der Waals surface area contributed by atoms with Gasteiger partial charge in [-0.15, -0.1) is 0 Å². The molecule has 0 aliphatic heterocycles. The zero-order valence-electron chi connectivity index (χ0n) is 8.31. The van der Waals surface area contributed by atoms with Gasteiger partial charge in [0.1, 0.15) is 0 Å². The van der Waals surface area contributed by atoms with E-state index in [0.717, 1.165) is 0 Å². The van der Waals surface area contributed by atoms with Crippen molar-refractivity contribution in [2.24, 2.45) is 11.8 Å². The lowest BCUT2D eigenvalue weighted by Gasteiger charge is -2.19. The van der Waals surface area contributed by atoms with Crippen LogP contribution in [0.4, 0.5) is 0 Å². The van der Waals surface area contributed by atoms with Crippen LogP contribution in [0.15, 0.2) is 12.2 Å². The van der Waals surface area contributed by atoms with Crippen molar-refractivity contribution in [2.45, 2.75) is 19.4 Å². The van der Waals surface area contributed by atoms with Crippen molar-refractivity contribution in [1.82, 2.24) is 5.32 Å². The molecule has 14 heavy (non-hydrogen) atoms. The quantitative estimate of drug-likeness (QED) is 0.543. The summed E-state index contributed by atoms with van der Waals surface area (Å²) in [7, 11) is 0. The van der Waals surface area contributed by atoms with Crippen LogP contribution in [0.25, 0.3) is 0 Å². The Morgan fingerprint density at radius 3 is 2.79 bits per heavy atom. The first-order chi connectivity index (χ1) is 6.69. The lowest BCUT2D eigenvalue weighted by molar-refractivity contribution is -0.122. The first kappa shape index (κ1) is 11.2. The highest BCUT2D eigenvalue weighted by Crippen LogP contribution is 2.27. The summed E-state index contributed by atoms with van der Waals surface area (Å²) in [6.45, 7) is 2.39. The Morgan fingerprint density at radius 2 is 2.21 bits per heavy atom. The Morgan fingerprint density at radius 1 is 1.50 bits per heavy atom. The topological polar surface area (TPSA) is 69.6 Å². The minimum Gasteiger partial charge on any atom is -0.396 e. The van der Waals surface area contributed by atoms with Crippen molar-refractivity contribution < 1.29 is 15.0 Å². The Balaban J connectivity index is 2.45. The largest absolute Gasteiger partial charge is 0.396 e. The molecule has 0 bridgehead atoms. The van der Waals surface area contributed by atoms with Gasteiger partial charge in [-0.3, -0.25) is 4.79 Å². The average Bonchev–Trinajstić information content (AvgIpc) is 2.47. The maximum absolute atomic E-state index is 11.3. The van der Waals surface area contributed by atoms with Gasteiger partial charge < -0.3 is 15.5 Å². The molecule has 0 radical (unpaired) electrons. The van der Waals surface area contributed by atoms with Crippen molar-refractivity contribution in [3.05, 3.63) is 12.2 Å². The summed E-state index contributed by atoms with van der Waals surface area (Å²) in [5, 5.41) is 21.1. The van der Waals surface area contributed by atoms with Crippen LogP contribution in [0.1, 0.15) is 13.3 Å². The molecule has 0 aromatic heterocycles. The lowest BCUT2D eigenvalue weighted by atomic mass is 9.91. The van der Waals surface area contributed by atoms with E-state index < -0.39 is 6.10 Å². The van der Waals surface area contributed by atoms with Crippen molar-refractivity contribution >= 4 is 5.91 Å². The van der Waals surface area contributed by atoms with Gasteiger partial charge in [0.2, 0.25) is 5.91 Å². The summed E-state index contributed by atoms with van der Waals surface area (Å²) >= 11 is 0. The second-order valence-corrected chi connectivity index (χ2v) is 3.54. The van der Waals surface area contributed by atoms with Gasteiger partial charge in [0.05, 0.1) is 6.10 Å². The van der Waals surface area contributed by atoms with Crippen LogP contribution in [-0.4, -0.2) is 35.4 Å². The Labute approximate surface area is 83.6 Å². The zero-order valence-corrected chi connectivity index (χ0v) is 8.31. The Hall–Kier alpha value is -0.870. The Kier molecular flexibility index (Phi) is 4.10. The molecule has 0 aromatic rings. The minimum atomic E-state index is -0.612. The number of nitrogens with one attached hydrogen (secondary N) is 1. The number of aliphatic hydroxyl groups is 2. The van der Waals surface area contributed by atoms with Crippen LogP contribution in [0, 0.1) is 11.8 Å². The third kappa shape index (κ3) is 2.56. The summed E-state index contributed by atoms with van der Waals surface area (Å²) in [6.07, 6.45) is 3.18. The van der Waals surface area contributed by atoms with E-state index in [1.54, 1.807) is 12.2 Å². The van der Waals surface area contributed by atoms with E-state index in [-0.39, 0.29) is 24.3 Å². The van der Waals surface area contributed by atoms with Crippen molar-refractivity contribution in [2.75, 3.05) is 13.2 Å². The highest BCUT2D eigenvalue weighted by Gasteiger charge is 2.30. The molecule has 4 nitrogen and oxygen atoms in total. The van der Waals surface area contributed by atoms with Gasteiger partial charge in [0, 0.05) is 25.5 Å². The maximum atomic E-state index is 11.3. The summed E-state index contributed by atoms with van der Waals surface area (Å²) in [5.74, 6) is -0.297. The van der Waals surface area contributed by atoms with Crippen LogP contribution < -0.4 is 5.32 Å². The van der Waals surface area contributed by atoms with Crippen molar-refractivity contribution in [1.29, 1.82) is 0 Å². The van der Waals surface area contributed by atoms with Gasteiger partial charge in [-0.25, -0.2) is 0 Å². The molecule has 0 aromatic carbocycles. The minimum absolute atomic E-state index is 0.0327. The van der Waals surface area contributed by atoms with E-state index >= 15 is 0 Å². The molecule has 1 aliphatic carbocycles. The molecule has 80 valence electrons. The first-order valence-electron chi connectivity index (χ1n) is 4.93. The fraction of sp³-hybridized carbons (Fsp3) is 0.700. The lowest BCUT2D eigenvalue weighted by Crippen LogP contribution is -2.30. The van der Waals surface area contributed by atoms with Crippen LogP contribution in [0.5, 0.6) is 0 Å². The molecule has 0 fully saturated rings. The number of allylic oxidation sites excluding steroid dienone is 1. The number of hydrogen-bond acceptors (Lipinski definition) is 3. The monoisotopic (exact) mass is 199 g/mol. The number of hydrogen-bond donors (Lipinski definition) is 3. The second kappa shape index (κ2) is 5.12. The molecule has 0 saturated heterocycles. The molecular weight excluding hydrogens is 182 g/mol. The predicted octanol–water partition coefficient (Wildman–Crippen LogP) is -0.332. The van der Waals surface area contributed by atoms with Crippen molar-refractivity contribution in [3.63, 3.8) is 0 Å². The molecule has 3 N–H and O–H groups in total. The summed E-state index contributed by atoms with van der Waals surface area (Å²) < 4.78 is 0. The van der Waals surface area contributed by atoms with Gasteiger partial charge >= 0.3 is 0 Å². The van der Waals surface area contributed by atoms with E-state index in [0.29, 0.717) is 13.0 Å². The van der Waals surface area contributed by atoms with Crippen LogP contribution >= 0.6 is 0 Å². The zero-order chi connectivity index (χ0) is 10.6. The standard InChI is InChI=1S/C10H17NO3/c1-2-11-10(14)5-7-3-4-9(13)8(7)6-12/h3-4,7-9,12-13H,2,5-6H2,1H3,(H,11,14)/t7-,8+,9-/m0/s1. The summed E-state index contributed by atoms with van der Waals surface area (Å²) in [6, 6.07) is 0. The average molecular weight is 199 g/mol. The molecule has 1 aliphatic rings. The van der Waals surface area contributed by atoms with E-state index in [1.165, 1.54) is 0 Å². The summed E-state index contributed by atoms with van der Waals surface area (Å²) in [5.41, 5.74) is 0. The number of rotatable bonds is 4. The predicted molar refractivity (Wildman–Crippen MR) is 52.5 cm³/mol. The molecule has 0 saturated carbocycles. The molecular formula is C10H17NO3. The number of amides is 1. The fourth-order valence-electron chi connectivity index (χ4n) is 1.74. The summed E-state index contributed by atoms with van der Waals surface area (Å²) in [4.78, 5) is 11.3. The number of carbonyl (C=O) groups is 1. The van der Waals surface area contributed by atoms with Crippen LogP contribution in [0.3, 0.4) is 0 Å². The fourth-order valence-corrected chi connectivity index (χ4v) is 1.74. The molecule has 0 unspecified atom stereocenters. The second-order valence-electron chi connectivity index (χ2n) is 3.54. The molecule has 3 atom stereocenters. The number of aliphatic hydroxyl groups excluding tert-OH is 2. The van der Waals surface area contributed by atoms with E-state index in [9.17, 15) is 9.90 Å². The normalized spacial score (nSPS) is 30.6. The van der Waals surface area contributed by atoms with Gasteiger partial charge in [-0.05, 0) is 12.8 Å². The molecule has 4 heteroatoms. The van der Waals surface area contributed by atoms with Crippen LogP contribution in [0.2, 0.25) is 0 Å². The third-order valence-corrected chi connectivity index (χ3v) is 2.55. The van der Waals surface area contributed by atoms with Gasteiger partial charge in [0.15, 0.2) is 0 Å². The van der Waals surface area contributed by atoms with Gasteiger partial charge in [0.25, 0.3) is 0 Å². The van der Waals surface area contributed by atoms with E-state index in [4.69, 9.17) is 5.11 Å². The molecule has 0 heterocycles. The van der Waals surface area contributed by atoms with E-state index in [1.807, 2.05) is 6.92 Å².